The summed E-state index contributed by atoms with van der Waals surface area (Å²) in [5, 5.41) is 16.3. The highest BCUT2D eigenvalue weighted by Gasteiger charge is 2.32. The van der Waals surface area contributed by atoms with Crippen molar-refractivity contribution in [3.63, 3.8) is 0 Å². The fourth-order valence-corrected chi connectivity index (χ4v) is 5.45. The first kappa shape index (κ1) is 33.6. The molecule has 2 amide bonds. The maximum Gasteiger partial charge on any atom is 0.407 e. The van der Waals surface area contributed by atoms with Crippen molar-refractivity contribution >= 4 is 45.2 Å². The molecule has 2 aromatic carbocycles. The molecule has 0 aliphatic carbocycles. The van der Waals surface area contributed by atoms with Gasteiger partial charge in [-0.2, -0.15) is 4.31 Å². The molecular weight excluding hydrogens is 581 g/mol. The number of benzene rings is 2. The summed E-state index contributed by atoms with van der Waals surface area (Å²) in [6.07, 6.45) is -1.17. The number of amides is 2. The van der Waals surface area contributed by atoms with Crippen molar-refractivity contribution in [3.8, 4) is 5.75 Å². The molecule has 0 bridgehead atoms. The van der Waals surface area contributed by atoms with Gasteiger partial charge in [0.25, 0.3) is 5.91 Å². The monoisotopic (exact) mass is 617 g/mol. The fraction of sp³-hybridized carbons (Fsp3) is 0.481. The van der Waals surface area contributed by atoms with Crippen molar-refractivity contribution in [2.45, 2.75) is 48.6 Å². The lowest BCUT2D eigenvalue weighted by Crippen LogP contribution is -2.51. The molecule has 0 aliphatic heterocycles. The van der Waals surface area contributed by atoms with E-state index in [2.05, 4.69) is 10.6 Å². The Labute approximate surface area is 246 Å². The van der Waals surface area contributed by atoms with Gasteiger partial charge in [-0.15, -0.1) is 0 Å². The van der Waals surface area contributed by atoms with E-state index in [9.17, 15) is 23.1 Å². The highest BCUT2D eigenvalue weighted by atomic mass is 35.5. The van der Waals surface area contributed by atoms with Gasteiger partial charge in [-0.1, -0.05) is 73.8 Å². The third-order valence-corrected chi connectivity index (χ3v) is 8.44. The first-order valence-corrected chi connectivity index (χ1v) is 15.1. The second-order valence-electron chi connectivity index (χ2n) is 9.25. The number of hydrogen-bond acceptors (Lipinski definition) is 7. The average Bonchev–Trinajstić information content (AvgIpc) is 2.94. The van der Waals surface area contributed by atoms with Crippen LogP contribution in [0.4, 0.5) is 4.79 Å². The fourth-order valence-electron chi connectivity index (χ4n) is 3.72. The molecule has 0 heterocycles. The quantitative estimate of drug-likeness (QED) is 0.194. The summed E-state index contributed by atoms with van der Waals surface area (Å²) in [5.74, 6) is -0.0894. The lowest BCUT2D eigenvalue weighted by Gasteiger charge is -2.31. The van der Waals surface area contributed by atoms with Crippen LogP contribution in [-0.4, -0.2) is 80.2 Å². The zero-order valence-corrected chi connectivity index (χ0v) is 25.1. The molecule has 0 saturated heterocycles. The van der Waals surface area contributed by atoms with Gasteiger partial charge in [0, 0.05) is 13.1 Å². The zero-order valence-electron chi connectivity index (χ0n) is 22.8. The van der Waals surface area contributed by atoms with Crippen LogP contribution in [0.1, 0.15) is 25.8 Å². The minimum absolute atomic E-state index is 0.0153. The molecule has 13 heteroatoms. The van der Waals surface area contributed by atoms with Gasteiger partial charge in [-0.25, -0.2) is 13.2 Å². The number of alkyl carbamates (subject to hydrolysis) is 1. The third-order valence-electron chi connectivity index (χ3n) is 6.20. The van der Waals surface area contributed by atoms with Crippen LogP contribution in [0.15, 0.2) is 59.5 Å². The Morgan fingerprint density at radius 2 is 1.70 bits per heavy atom. The molecule has 0 radical (unpaired) electrons. The Morgan fingerprint density at radius 1 is 1.05 bits per heavy atom. The molecule has 0 aromatic heterocycles. The van der Waals surface area contributed by atoms with Crippen LogP contribution in [0.2, 0.25) is 0 Å². The number of aliphatic hydroxyl groups is 1. The number of carbonyl (C=O) groups excluding carboxylic acids is 2. The van der Waals surface area contributed by atoms with Crippen LogP contribution < -0.4 is 15.4 Å². The number of carbonyl (C=O) groups is 2. The molecule has 0 fully saturated rings. The number of halogens is 2. The van der Waals surface area contributed by atoms with Gasteiger partial charge >= 0.3 is 6.09 Å². The summed E-state index contributed by atoms with van der Waals surface area (Å²) in [6.45, 7) is 3.61. The number of alkyl halides is 2. The van der Waals surface area contributed by atoms with Gasteiger partial charge in [0.15, 0.2) is 4.84 Å². The van der Waals surface area contributed by atoms with E-state index in [-0.39, 0.29) is 43.5 Å². The Kier molecular flexibility index (Phi) is 14.0. The molecule has 2 rings (SSSR count). The number of aliphatic hydroxyl groups excluding tert-OH is 1. The summed E-state index contributed by atoms with van der Waals surface area (Å²) in [4.78, 5) is 22.8. The topological polar surface area (TPSA) is 134 Å². The SMILES string of the molecule is CC[C@H](C)CN(C[C@@H](O)[C@H](Cc1ccccc1)NC(=O)OCCNC(=O)C(Cl)Cl)S(=O)(=O)c1ccc(OC)cc1. The van der Waals surface area contributed by atoms with Crippen LogP contribution in [0.25, 0.3) is 0 Å². The molecule has 0 spiro atoms. The van der Waals surface area contributed by atoms with E-state index < -0.39 is 39.0 Å². The first-order valence-electron chi connectivity index (χ1n) is 12.8. The van der Waals surface area contributed by atoms with E-state index >= 15 is 0 Å². The minimum atomic E-state index is -3.98. The van der Waals surface area contributed by atoms with Gasteiger partial charge in [0.2, 0.25) is 10.0 Å². The summed E-state index contributed by atoms with van der Waals surface area (Å²) in [7, 11) is -2.49. The second-order valence-corrected chi connectivity index (χ2v) is 12.3. The number of nitrogens with zero attached hydrogens (tertiary/aromatic N) is 1. The van der Waals surface area contributed by atoms with Crippen LogP contribution in [-0.2, 0) is 26.0 Å². The number of sulfonamides is 1. The van der Waals surface area contributed by atoms with Crippen LogP contribution in [0, 0.1) is 5.92 Å². The lowest BCUT2D eigenvalue weighted by atomic mass is 10.0. The molecule has 2 aromatic rings. The van der Waals surface area contributed by atoms with Gasteiger partial charge in [-0.3, -0.25) is 4.79 Å². The Hall–Kier alpha value is -2.57. The molecule has 222 valence electrons. The summed E-state index contributed by atoms with van der Waals surface area (Å²) >= 11 is 10.9. The minimum Gasteiger partial charge on any atom is -0.497 e. The van der Waals surface area contributed by atoms with E-state index in [0.29, 0.717) is 5.75 Å². The molecule has 10 nitrogen and oxygen atoms in total. The summed E-state index contributed by atoms with van der Waals surface area (Å²) in [5.41, 5.74) is 0.820. The van der Waals surface area contributed by atoms with Crippen LogP contribution in [0.5, 0.6) is 5.75 Å². The Morgan fingerprint density at radius 3 is 2.27 bits per heavy atom. The predicted octanol–water partition coefficient (Wildman–Crippen LogP) is 3.35. The molecular formula is C27H37Cl2N3O7S. The highest BCUT2D eigenvalue weighted by molar-refractivity contribution is 7.89. The third kappa shape index (κ3) is 10.8. The number of methoxy groups -OCH3 is 1. The van der Waals surface area contributed by atoms with Gasteiger partial charge < -0.3 is 25.2 Å². The van der Waals surface area contributed by atoms with E-state index in [1.165, 1.54) is 23.5 Å². The van der Waals surface area contributed by atoms with E-state index in [1.54, 1.807) is 12.1 Å². The molecule has 3 N–H and O–H groups in total. The molecule has 0 saturated carbocycles. The van der Waals surface area contributed by atoms with Crippen molar-refractivity contribution in [3.05, 3.63) is 60.2 Å². The number of rotatable bonds is 16. The van der Waals surface area contributed by atoms with Crippen molar-refractivity contribution in [2.24, 2.45) is 5.92 Å². The van der Waals surface area contributed by atoms with Crippen molar-refractivity contribution in [1.29, 1.82) is 0 Å². The van der Waals surface area contributed by atoms with Crippen molar-refractivity contribution in [1.82, 2.24) is 14.9 Å². The van der Waals surface area contributed by atoms with Gasteiger partial charge in [0.05, 0.1) is 30.7 Å². The second kappa shape index (κ2) is 16.6. The smallest absolute Gasteiger partial charge is 0.407 e. The Balaban J connectivity index is 2.21. The highest BCUT2D eigenvalue weighted by Crippen LogP contribution is 2.22. The summed E-state index contributed by atoms with van der Waals surface area (Å²) in [6, 6.07) is 14.3. The largest absolute Gasteiger partial charge is 0.497 e. The normalized spacial score (nSPS) is 13.9. The molecule has 40 heavy (non-hydrogen) atoms. The molecule has 3 atom stereocenters. The number of nitrogens with one attached hydrogen (secondary N) is 2. The van der Waals surface area contributed by atoms with E-state index in [1.807, 2.05) is 44.2 Å². The molecule has 0 unspecified atom stereocenters. The van der Waals surface area contributed by atoms with Crippen molar-refractivity contribution in [2.75, 3.05) is 33.4 Å². The lowest BCUT2D eigenvalue weighted by molar-refractivity contribution is -0.119. The average molecular weight is 619 g/mol. The van der Waals surface area contributed by atoms with Gasteiger partial charge in [0.1, 0.15) is 12.4 Å². The maximum atomic E-state index is 13.6. The standard InChI is InChI=1S/C27H37Cl2N3O7S/c1-4-19(2)17-32(40(36,37)22-12-10-21(38-3)11-13-22)18-24(33)23(16-20-8-6-5-7-9-20)31-27(35)39-15-14-30-26(34)25(28)29/h5-13,19,23-25,33H,4,14-18H2,1-3H3,(H,30,34)(H,31,35)/t19-,23-,24+/m0/s1. The first-order chi connectivity index (χ1) is 19.0. The van der Waals surface area contributed by atoms with Crippen molar-refractivity contribution < 1.29 is 32.6 Å². The number of hydrogen-bond donors (Lipinski definition) is 3. The number of ether oxygens (including phenoxy) is 2. The molecule has 0 aliphatic rings. The van der Waals surface area contributed by atoms with Gasteiger partial charge in [-0.05, 0) is 42.2 Å². The van der Waals surface area contributed by atoms with E-state index in [4.69, 9.17) is 32.7 Å². The summed E-state index contributed by atoms with van der Waals surface area (Å²) < 4.78 is 38.7. The maximum absolute atomic E-state index is 13.6. The van der Waals surface area contributed by atoms with Crippen LogP contribution in [0.3, 0.4) is 0 Å². The predicted molar refractivity (Wildman–Crippen MR) is 154 cm³/mol. The zero-order chi connectivity index (χ0) is 29.7. The van der Waals surface area contributed by atoms with Crippen LogP contribution >= 0.6 is 23.2 Å². The Bertz CT molecular complexity index is 1170. The van der Waals surface area contributed by atoms with E-state index in [0.717, 1.165) is 12.0 Å².